The summed E-state index contributed by atoms with van der Waals surface area (Å²) in [5.74, 6) is 0.188. The maximum Gasteiger partial charge on any atom is 0.289 e. The summed E-state index contributed by atoms with van der Waals surface area (Å²) in [6, 6.07) is 3.75. The molecule has 2 aromatic heterocycles. The van der Waals surface area contributed by atoms with Gasteiger partial charge in [-0.25, -0.2) is 9.97 Å². The highest BCUT2D eigenvalue weighted by atomic mass is 16.5. The van der Waals surface area contributed by atoms with Gasteiger partial charge in [0.15, 0.2) is 0 Å². The van der Waals surface area contributed by atoms with E-state index in [9.17, 15) is 4.79 Å². The maximum atomic E-state index is 12.2. The Balaban J connectivity index is 1.64. The number of nitrogens with zero attached hydrogens (tertiary/aromatic N) is 4. The lowest BCUT2D eigenvalue weighted by Gasteiger charge is -2.19. The molecule has 0 saturated carbocycles. The summed E-state index contributed by atoms with van der Waals surface area (Å²) in [4.78, 5) is 20.3. The molecular formula is C16H21N5O2. The van der Waals surface area contributed by atoms with Gasteiger partial charge >= 0.3 is 0 Å². The smallest absolute Gasteiger partial charge is 0.289 e. The average molecular weight is 315 g/mol. The second-order valence-corrected chi connectivity index (χ2v) is 5.64. The minimum absolute atomic E-state index is 0.0313. The third-order valence-electron chi connectivity index (χ3n) is 4.08. The van der Waals surface area contributed by atoms with E-state index in [0.29, 0.717) is 13.2 Å². The normalized spacial score (nSPS) is 20.6. The number of aryl methyl sites for hydroxylation is 2. The first kappa shape index (κ1) is 15.6. The number of hydrogen-bond donors (Lipinski definition) is 1. The van der Waals surface area contributed by atoms with Crippen LogP contribution in [0.3, 0.4) is 0 Å². The van der Waals surface area contributed by atoms with Gasteiger partial charge in [-0.15, -0.1) is 0 Å². The molecule has 0 aliphatic carbocycles. The lowest BCUT2D eigenvalue weighted by Crippen LogP contribution is -2.32. The molecule has 3 rings (SSSR count). The van der Waals surface area contributed by atoms with Crippen molar-refractivity contribution in [2.24, 2.45) is 5.92 Å². The predicted octanol–water partition coefficient (Wildman–Crippen LogP) is 1.51. The number of hydrogen-bond acceptors (Lipinski definition) is 5. The summed E-state index contributed by atoms with van der Waals surface area (Å²) in [5, 5.41) is 7.22. The predicted molar refractivity (Wildman–Crippen MR) is 83.8 cm³/mol. The second kappa shape index (κ2) is 6.87. The molecule has 7 nitrogen and oxygen atoms in total. The number of rotatable bonds is 5. The highest BCUT2D eigenvalue weighted by Gasteiger charge is 2.32. The summed E-state index contributed by atoms with van der Waals surface area (Å²) in [6.45, 7) is 5.93. The molecular weight excluding hydrogens is 294 g/mol. The van der Waals surface area contributed by atoms with E-state index >= 15 is 0 Å². The SMILES string of the molecule is CCn1nccc1[C@@H]1OCC[C@H]1CNC(=O)c1nccc(C)n1. The van der Waals surface area contributed by atoms with Gasteiger partial charge in [-0.2, -0.15) is 5.10 Å². The Bertz CT molecular complexity index is 685. The van der Waals surface area contributed by atoms with E-state index in [2.05, 4.69) is 27.3 Å². The zero-order valence-corrected chi connectivity index (χ0v) is 13.4. The quantitative estimate of drug-likeness (QED) is 0.904. The van der Waals surface area contributed by atoms with E-state index in [1.807, 2.05) is 17.7 Å². The lowest BCUT2D eigenvalue weighted by atomic mass is 9.99. The lowest BCUT2D eigenvalue weighted by molar-refractivity contribution is 0.0791. The van der Waals surface area contributed by atoms with Crippen LogP contribution in [-0.2, 0) is 11.3 Å². The van der Waals surface area contributed by atoms with Gasteiger partial charge in [0.1, 0.15) is 6.10 Å². The fourth-order valence-corrected chi connectivity index (χ4v) is 2.88. The molecule has 1 fully saturated rings. The van der Waals surface area contributed by atoms with E-state index in [1.165, 1.54) is 0 Å². The third kappa shape index (κ3) is 3.39. The van der Waals surface area contributed by atoms with Gasteiger partial charge < -0.3 is 10.1 Å². The molecule has 0 bridgehead atoms. The van der Waals surface area contributed by atoms with Crippen LogP contribution < -0.4 is 5.32 Å². The molecule has 0 aromatic carbocycles. The maximum absolute atomic E-state index is 12.2. The van der Waals surface area contributed by atoms with Crippen molar-refractivity contribution < 1.29 is 9.53 Å². The van der Waals surface area contributed by atoms with Gasteiger partial charge in [-0.05, 0) is 32.4 Å². The van der Waals surface area contributed by atoms with Crippen molar-refractivity contribution in [1.29, 1.82) is 0 Å². The molecule has 1 saturated heterocycles. The largest absolute Gasteiger partial charge is 0.372 e. The molecule has 3 heterocycles. The van der Waals surface area contributed by atoms with Crippen molar-refractivity contribution in [1.82, 2.24) is 25.1 Å². The number of carbonyl (C=O) groups excluding carboxylic acids is 1. The number of aromatic nitrogens is 4. The Kier molecular flexibility index (Phi) is 4.66. The van der Waals surface area contributed by atoms with Crippen LogP contribution in [0.4, 0.5) is 0 Å². The molecule has 1 aliphatic heterocycles. The molecule has 1 N–H and O–H groups in total. The monoisotopic (exact) mass is 315 g/mol. The summed E-state index contributed by atoms with van der Waals surface area (Å²) in [7, 11) is 0. The van der Waals surface area contributed by atoms with Crippen molar-refractivity contribution in [3.63, 3.8) is 0 Å². The van der Waals surface area contributed by atoms with Gasteiger partial charge in [-0.1, -0.05) is 0 Å². The third-order valence-corrected chi connectivity index (χ3v) is 4.08. The number of ether oxygens (including phenoxy) is 1. The first-order valence-electron chi connectivity index (χ1n) is 7.90. The second-order valence-electron chi connectivity index (χ2n) is 5.64. The topological polar surface area (TPSA) is 81.9 Å². The fraction of sp³-hybridized carbons (Fsp3) is 0.500. The summed E-state index contributed by atoms with van der Waals surface area (Å²) < 4.78 is 7.81. The molecule has 2 aromatic rings. The molecule has 2 atom stereocenters. The van der Waals surface area contributed by atoms with Crippen LogP contribution in [0.1, 0.15) is 41.5 Å². The van der Waals surface area contributed by atoms with Crippen LogP contribution in [0, 0.1) is 12.8 Å². The zero-order valence-electron chi connectivity index (χ0n) is 13.4. The van der Waals surface area contributed by atoms with Gasteiger partial charge in [0.25, 0.3) is 5.91 Å². The molecule has 122 valence electrons. The van der Waals surface area contributed by atoms with E-state index in [4.69, 9.17) is 4.74 Å². The molecule has 0 unspecified atom stereocenters. The van der Waals surface area contributed by atoms with Crippen molar-refractivity contribution in [3.8, 4) is 0 Å². The van der Waals surface area contributed by atoms with Crippen LogP contribution in [0.5, 0.6) is 0 Å². The van der Waals surface area contributed by atoms with Crippen LogP contribution >= 0.6 is 0 Å². The Morgan fingerprint density at radius 2 is 2.30 bits per heavy atom. The average Bonchev–Trinajstić information content (AvgIpc) is 3.20. The van der Waals surface area contributed by atoms with E-state index in [-0.39, 0.29) is 23.8 Å². The van der Waals surface area contributed by atoms with Crippen molar-refractivity contribution in [3.05, 3.63) is 41.7 Å². The van der Waals surface area contributed by atoms with E-state index in [1.54, 1.807) is 18.5 Å². The highest BCUT2D eigenvalue weighted by Crippen LogP contribution is 2.33. The Hall–Kier alpha value is -2.28. The zero-order chi connectivity index (χ0) is 16.2. The van der Waals surface area contributed by atoms with E-state index < -0.39 is 0 Å². The van der Waals surface area contributed by atoms with Crippen molar-refractivity contribution >= 4 is 5.91 Å². The number of amides is 1. The first-order chi connectivity index (χ1) is 11.2. The Morgan fingerprint density at radius 1 is 1.43 bits per heavy atom. The van der Waals surface area contributed by atoms with Crippen molar-refractivity contribution in [2.75, 3.05) is 13.2 Å². The minimum atomic E-state index is -0.247. The van der Waals surface area contributed by atoms with Gasteiger partial charge in [0, 0.05) is 43.7 Å². The highest BCUT2D eigenvalue weighted by molar-refractivity contribution is 5.90. The molecule has 1 amide bonds. The van der Waals surface area contributed by atoms with Crippen LogP contribution in [0.15, 0.2) is 24.5 Å². The van der Waals surface area contributed by atoms with Crippen LogP contribution in [-0.4, -0.2) is 38.8 Å². The summed E-state index contributed by atoms with van der Waals surface area (Å²) in [5.41, 5.74) is 1.84. The van der Waals surface area contributed by atoms with Gasteiger partial charge in [0.2, 0.25) is 5.82 Å². The van der Waals surface area contributed by atoms with Crippen LogP contribution in [0.25, 0.3) is 0 Å². The molecule has 23 heavy (non-hydrogen) atoms. The minimum Gasteiger partial charge on any atom is -0.372 e. The standard InChI is InChI=1S/C16H21N5O2/c1-3-21-13(5-8-19-21)14-12(6-9-23-14)10-18-16(22)15-17-7-4-11(2)20-15/h4-5,7-8,12,14H,3,6,9-10H2,1-2H3,(H,18,22)/t12-,14+/m0/s1. The Labute approximate surface area is 135 Å². The van der Waals surface area contributed by atoms with E-state index in [0.717, 1.165) is 24.4 Å². The molecule has 0 radical (unpaired) electrons. The summed E-state index contributed by atoms with van der Waals surface area (Å²) >= 11 is 0. The van der Waals surface area contributed by atoms with Crippen molar-refractivity contribution in [2.45, 2.75) is 32.9 Å². The molecule has 1 aliphatic rings. The number of nitrogens with one attached hydrogen (secondary N) is 1. The van der Waals surface area contributed by atoms with Gasteiger partial charge in [-0.3, -0.25) is 9.48 Å². The fourth-order valence-electron chi connectivity index (χ4n) is 2.88. The number of carbonyl (C=O) groups is 1. The molecule has 0 spiro atoms. The van der Waals surface area contributed by atoms with Crippen LogP contribution in [0.2, 0.25) is 0 Å². The molecule has 7 heteroatoms. The van der Waals surface area contributed by atoms with Gasteiger partial charge in [0.05, 0.1) is 5.69 Å². The summed E-state index contributed by atoms with van der Waals surface area (Å²) in [6.07, 6.45) is 4.26. The Morgan fingerprint density at radius 3 is 3.09 bits per heavy atom. The first-order valence-corrected chi connectivity index (χ1v) is 7.90.